The third kappa shape index (κ3) is 3.59. The molecule has 3 heteroatoms. The Morgan fingerprint density at radius 1 is 1.11 bits per heavy atom. The van der Waals surface area contributed by atoms with Crippen LogP contribution in [0.3, 0.4) is 0 Å². The lowest BCUT2D eigenvalue weighted by atomic mass is 9.87. The van der Waals surface area contributed by atoms with Crippen LogP contribution in [0.1, 0.15) is 36.1 Å². The lowest BCUT2D eigenvalue weighted by Gasteiger charge is -2.19. The highest BCUT2D eigenvalue weighted by molar-refractivity contribution is 7.12. The monoisotopic (exact) mass is 270 g/mol. The predicted molar refractivity (Wildman–Crippen MR) is 81.5 cm³/mol. The third-order valence-corrected chi connectivity index (χ3v) is 3.98. The average molecular weight is 270 g/mol. The molecule has 0 amide bonds. The van der Waals surface area contributed by atoms with E-state index in [1.165, 1.54) is 21.8 Å². The highest BCUT2D eigenvalue weighted by atomic mass is 32.1. The Morgan fingerprint density at radius 2 is 1.79 bits per heavy atom. The van der Waals surface area contributed by atoms with Gasteiger partial charge < -0.3 is 5.32 Å². The molecule has 2 aromatic rings. The molecule has 2 rings (SSSR count). The highest BCUT2D eigenvalue weighted by Crippen LogP contribution is 2.24. The minimum Gasteiger partial charge on any atom is -0.380 e. The smallest absolute Gasteiger partial charge is 0.110 e. The maximum absolute atomic E-state index is 8.78. The van der Waals surface area contributed by atoms with Crippen LogP contribution in [0.5, 0.6) is 0 Å². The lowest BCUT2D eigenvalue weighted by Crippen LogP contribution is -2.10. The van der Waals surface area contributed by atoms with Crippen molar-refractivity contribution in [2.75, 3.05) is 5.32 Å². The molecular weight excluding hydrogens is 252 g/mol. The summed E-state index contributed by atoms with van der Waals surface area (Å²) in [4.78, 5) is 1.94. The molecule has 0 saturated carbocycles. The number of thiophene rings is 1. The molecule has 0 fully saturated rings. The van der Waals surface area contributed by atoms with Gasteiger partial charge in [0.05, 0.1) is 0 Å². The molecule has 0 saturated heterocycles. The Bertz CT molecular complexity index is 582. The van der Waals surface area contributed by atoms with Crippen molar-refractivity contribution in [3.8, 4) is 6.07 Å². The van der Waals surface area contributed by atoms with Gasteiger partial charge in [0.1, 0.15) is 10.9 Å². The van der Waals surface area contributed by atoms with Crippen molar-refractivity contribution in [2.45, 2.75) is 32.7 Å². The van der Waals surface area contributed by atoms with Crippen molar-refractivity contribution in [2.24, 2.45) is 0 Å². The zero-order valence-electron chi connectivity index (χ0n) is 11.5. The fourth-order valence-electron chi connectivity index (χ4n) is 1.81. The van der Waals surface area contributed by atoms with Crippen LogP contribution in [0, 0.1) is 11.3 Å². The van der Waals surface area contributed by atoms with Gasteiger partial charge >= 0.3 is 0 Å². The van der Waals surface area contributed by atoms with Crippen LogP contribution in [-0.2, 0) is 12.0 Å². The summed E-state index contributed by atoms with van der Waals surface area (Å²) >= 11 is 1.54. The van der Waals surface area contributed by atoms with Crippen LogP contribution in [0.25, 0.3) is 0 Å². The molecule has 0 bridgehead atoms. The van der Waals surface area contributed by atoms with E-state index in [1.807, 2.05) is 12.1 Å². The summed E-state index contributed by atoms with van der Waals surface area (Å²) in [6.07, 6.45) is 0. The van der Waals surface area contributed by atoms with Gasteiger partial charge in [-0.15, -0.1) is 11.3 Å². The zero-order valence-corrected chi connectivity index (χ0v) is 12.3. The average Bonchev–Trinajstić information content (AvgIpc) is 2.84. The van der Waals surface area contributed by atoms with Gasteiger partial charge in [-0.3, -0.25) is 0 Å². The number of benzene rings is 1. The van der Waals surface area contributed by atoms with Crippen molar-refractivity contribution >= 4 is 17.0 Å². The van der Waals surface area contributed by atoms with Gasteiger partial charge in [-0.25, -0.2) is 0 Å². The van der Waals surface area contributed by atoms with Crippen molar-refractivity contribution in [3.05, 3.63) is 51.7 Å². The molecule has 0 spiro atoms. The van der Waals surface area contributed by atoms with Crippen molar-refractivity contribution in [3.63, 3.8) is 0 Å². The van der Waals surface area contributed by atoms with Crippen LogP contribution < -0.4 is 5.32 Å². The van der Waals surface area contributed by atoms with E-state index in [2.05, 4.69) is 56.4 Å². The summed E-state index contributed by atoms with van der Waals surface area (Å²) in [5.41, 5.74) is 2.63. The molecule has 0 aliphatic rings. The molecule has 19 heavy (non-hydrogen) atoms. The molecule has 0 radical (unpaired) electrons. The first-order chi connectivity index (χ1) is 8.99. The second-order valence-electron chi connectivity index (χ2n) is 5.56. The molecule has 1 aromatic carbocycles. The Balaban J connectivity index is 1.99. The van der Waals surface area contributed by atoms with E-state index in [4.69, 9.17) is 5.26 Å². The molecule has 2 nitrogen and oxygen atoms in total. The number of anilines is 1. The largest absolute Gasteiger partial charge is 0.380 e. The Labute approximate surface area is 118 Å². The second kappa shape index (κ2) is 5.46. The summed E-state index contributed by atoms with van der Waals surface area (Å²) in [5.74, 6) is 0. The number of hydrogen-bond donors (Lipinski definition) is 1. The number of hydrogen-bond acceptors (Lipinski definition) is 3. The molecule has 0 aliphatic heterocycles. The van der Waals surface area contributed by atoms with E-state index in [0.717, 1.165) is 17.1 Å². The summed E-state index contributed by atoms with van der Waals surface area (Å²) < 4.78 is 0. The Morgan fingerprint density at radius 3 is 2.32 bits per heavy atom. The fraction of sp³-hybridized carbons (Fsp3) is 0.312. The first-order valence-electron chi connectivity index (χ1n) is 6.32. The SMILES string of the molecule is CC(C)(C)c1ccc(NCc2ccc(C#N)s2)cc1. The first kappa shape index (κ1) is 13.6. The van der Waals surface area contributed by atoms with E-state index in [0.29, 0.717) is 0 Å². The van der Waals surface area contributed by atoms with Crippen molar-refractivity contribution < 1.29 is 0 Å². The zero-order chi connectivity index (χ0) is 13.9. The molecule has 1 heterocycles. The van der Waals surface area contributed by atoms with Crippen molar-refractivity contribution in [1.29, 1.82) is 5.26 Å². The van der Waals surface area contributed by atoms with Gasteiger partial charge in [-0.05, 0) is 35.2 Å². The molecule has 0 unspecified atom stereocenters. The topological polar surface area (TPSA) is 35.8 Å². The Hall–Kier alpha value is -1.79. The Kier molecular flexibility index (Phi) is 3.92. The van der Waals surface area contributed by atoms with Crippen LogP contribution in [0.15, 0.2) is 36.4 Å². The number of nitrogens with zero attached hydrogens (tertiary/aromatic N) is 1. The van der Waals surface area contributed by atoms with Gasteiger partial charge in [0, 0.05) is 17.1 Å². The minimum atomic E-state index is 0.188. The third-order valence-electron chi connectivity index (χ3n) is 2.99. The summed E-state index contributed by atoms with van der Waals surface area (Å²) in [5, 5.41) is 12.2. The van der Waals surface area contributed by atoms with E-state index < -0.39 is 0 Å². The standard InChI is InChI=1S/C16H18N2S/c1-16(2,3)12-4-6-13(7-5-12)18-11-15-9-8-14(10-17)19-15/h4-9,18H,11H2,1-3H3. The van der Waals surface area contributed by atoms with E-state index in [1.54, 1.807) is 0 Å². The predicted octanol–water partition coefficient (Wildman–Crippen LogP) is 4.53. The van der Waals surface area contributed by atoms with Crippen LogP contribution in [0.4, 0.5) is 5.69 Å². The van der Waals surface area contributed by atoms with E-state index in [9.17, 15) is 0 Å². The molecule has 0 atom stereocenters. The van der Waals surface area contributed by atoms with Crippen LogP contribution >= 0.6 is 11.3 Å². The number of nitrogens with one attached hydrogen (secondary N) is 1. The van der Waals surface area contributed by atoms with Crippen LogP contribution in [0.2, 0.25) is 0 Å². The lowest BCUT2D eigenvalue weighted by molar-refractivity contribution is 0.590. The number of nitriles is 1. The van der Waals surface area contributed by atoms with E-state index in [-0.39, 0.29) is 5.41 Å². The van der Waals surface area contributed by atoms with Crippen LogP contribution in [-0.4, -0.2) is 0 Å². The molecule has 1 N–H and O–H groups in total. The van der Waals surface area contributed by atoms with E-state index >= 15 is 0 Å². The fourth-order valence-corrected chi connectivity index (χ4v) is 2.55. The molecule has 1 aromatic heterocycles. The first-order valence-corrected chi connectivity index (χ1v) is 7.14. The molecule has 0 aliphatic carbocycles. The van der Waals surface area contributed by atoms with Gasteiger partial charge in [-0.2, -0.15) is 5.26 Å². The highest BCUT2D eigenvalue weighted by Gasteiger charge is 2.12. The summed E-state index contributed by atoms with van der Waals surface area (Å²) in [6.45, 7) is 7.40. The quantitative estimate of drug-likeness (QED) is 0.889. The van der Waals surface area contributed by atoms with Gasteiger partial charge in [0.15, 0.2) is 0 Å². The van der Waals surface area contributed by atoms with Crippen molar-refractivity contribution in [1.82, 2.24) is 0 Å². The minimum absolute atomic E-state index is 0.188. The summed E-state index contributed by atoms with van der Waals surface area (Å²) in [6, 6.07) is 14.6. The molecular formula is C16H18N2S. The maximum Gasteiger partial charge on any atom is 0.110 e. The van der Waals surface area contributed by atoms with Gasteiger partial charge in [0.2, 0.25) is 0 Å². The normalized spacial score (nSPS) is 11.1. The molecule has 98 valence electrons. The van der Waals surface area contributed by atoms with Gasteiger partial charge in [-0.1, -0.05) is 32.9 Å². The summed E-state index contributed by atoms with van der Waals surface area (Å²) in [7, 11) is 0. The second-order valence-corrected chi connectivity index (χ2v) is 6.73. The van der Waals surface area contributed by atoms with Gasteiger partial charge in [0.25, 0.3) is 0 Å². The number of rotatable bonds is 3. The maximum atomic E-state index is 8.78.